The Kier molecular flexibility index (Phi) is 3.46. The van der Waals surface area contributed by atoms with Crippen LogP contribution < -0.4 is 5.32 Å². The Balaban J connectivity index is 1.63. The highest BCUT2D eigenvalue weighted by Crippen LogP contribution is 2.30. The summed E-state index contributed by atoms with van der Waals surface area (Å²) in [6.45, 7) is 2.32. The fourth-order valence-corrected chi connectivity index (χ4v) is 2.97. The predicted molar refractivity (Wildman–Crippen MR) is 85.2 cm³/mol. The van der Waals surface area contributed by atoms with Crippen molar-refractivity contribution >= 4 is 11.6 Å². The van der Waals surface area contributed by atoms with Gasteiger partial charge in [0, 0.05) is 17.6 Å². The van der Waals surface area contributed by atoms with Crippen LogP contribution in [0, 0.1) is 0 Å². The average Bonchev–Trinajstić information content (AvgIpc) is 3.21. The Morgan fingerprint density at radius 2 is 1.76 bits per heavy atom. The highest BCUT2D eigenvalue weighted by molar-refractivity contribution is 6.31. The topological polar surface area (TPSA) is 21.3 Å². The van der Waals surface area contributed by atoms with Gasteiger partial charge in [0.05, 0.1) is 13.2 Å². The van der Waals surface area contributed by atoms with Gasteiger partial charge in [0.2, 0.25) is 0 Å². The summed E-state index contributed by atoms with van der Waals surface area (Å²) in [6, 6.07) is 13.6. The van der Waals surface area contributed by atoms with E-state index in [0.717, 1.165) is 24.8 Å². The molecule has 0 saturated heterocycles. The Hall–Kier alpha value is -1.35. The van der Waals surface area contributed by atoms with E-state index in [1.54, 1.807) is 0 Å². The number of halogens is 1. The summed E-state index contributed by atoms with van der Waals surface area (Å²) >= 11 is 6.32. The van der Waals surface area contributed by atoms with E-state index in [-0.39, 0.29) is 0 Å². The minimum atomic E-state index is 0.696. The van der Waals surface area contributed by atoms with Crippen molar-refractivity contribution in [1.82, 2.24) is 5.32 Å². The molecule has 2 nitrogen and oxygen atoms in total. The first kappa shape index (κ1) is 13.3. The van der Waals surface area contributed by atoms with Gasteiger partial charge < -0.3 is 10.1 Å². The third-order valence-corrected chi connectivity index (χ3v) is 4.63. The van der Waals surface area contributed by atoms with Gasteiger partial charge in [-0.3, -0.25) is 0 Å². The van der Waals surface area contributed by atoms with Crippen LogP contribution in [-0.4, -0.2) is 6.04 Å². The van der Waals surface area contributed by atoms with Crippen molar-refractivity contribution in [1.29, 1.82) is 0 Å². The number of hydrogen-bond acceptors (Lipinski definition) is 2. The molecule has 1 fully saturated rings. The number of benzene rings is 2. The average molecular weight is 300 g/mol. The molecule has 108 valence electrons. The minimum Gasteiger partial charge on any atom is -0.372 e. The van der Waals surface area contributed by atoms with Gasteiger partial charge in [-0.1, -0.05) is 29.8 Å². The molecule has 1 saturated carbocycles. The van der Waals surface area contributed by atoms with Crippen molar-refractivity contribution in [3.63, 3.8) is 0 Å². The number of ether oxygens (including phenoxy) is 1. The maximum Gasteiger partial charge on any atom is 0.0725 e. The SMILES string of the molecule is Clc1ccc(-c2ccc3c(c2)COC3)cc1CNC1CC1. The van der Waals surface area contributed by atoms with E-state index in [0.29, 0.717) is 6.04 Å². The second-order valence-corrected chi connectivity index (χ2v) is 6.34. The van der Waals surface area contributed by atoms with E-state index in [4.69, 9.17) is 16.3 Å². The lowest BCUT2D eigenvalue weighted by Gasteiger charge is -2.10. The van der Waals surface area contributed by atoms with Crippen molar-refractivity contribution in [3.8, 4) is 11.1 Å². The van der Waals surface area contributed by atoms with Gasteiger partial charge in [0.15, 0.2) is 0 Å². The summed E-state index contributed by atoms with van der Waals surface area (Å²) in [5.74, 6) is 0. The normalized spacial score (nSPS) is 17.0. The molecular weight excluding hydrogens is 282 g/mol. The lowest BCUT2D eigenvalue weighted by atomic mass is 9.99. The first-order valence-corrected chi connectivity index (χ1v) is 7.89. The van der Waals surface area contributed by atoms with Crippen LogP contribution in [-0.2, 0) is 24.5 Å². The van der Waals surface area contributed by atoms with E-state index in [9.17, 15) is 0 Å². The van der Waals surface area contributed by atoms with E-state index < -0.39 is 0 Å². The number of fused-ring (bicyclic) bond motifs is 1. The van der Waals surface area contributed by atoms with Crippen molar-refractivity contribution in [3.05, 3.63) is 58.1 Å². The molecule has 0 spiro atoms. The zero-order valence-corrected chi connectivity index (χ0v) is 12.6. The maximum absolute atomic E-state index is 6.32. The van der Waals surface area contributed by atoms with Crippen molar-refractivity contribution in [2.75, 3.05) is 0 Å². The van der Waals surface area contributed by atoms with Gasteiger partial charge >= 0.3 is 0 Å². The number of rotatable bonds is 4. The number of nitrogens with one attached hydrogen (secondary N) is 1. The van der Waals surface area contributed by atoms with Crippen molar-refractivity contribution in [2.24, 2.45) is 0 Å². The summed E-state index contributed by atoms with van der Waals surface area (Å²) < 4.78 is 5.49. The zero-order valence-electron chi connectivity index (χ0n) is 11.9. The lowest BCUT2D eigenvalue weighted by Crippen LogP contribution is -2.15. The quantitative estimate of drug-likeness (QED) is 0.909. The first-order chi connectivity index (χ1) is 10.3. The van der Waals surface area contributed by atoms with E-state index in [1.807, 2.05) is 6.07 Å². The second kappa shape index (κ2) is 5.45. The van der Waals surface area contributed by atoms with Crippen LogP contribution in [0.25, 0.3) is 11.1 Å². The van der Waals surface area contributed by atoms with E-state index in [2.05, 4.69) is 35.6 Å². The molecule has 21 heavy (non-hydrogen) atoms. The third kappa shape index (κ3) is 2.84. The minimum absolute atomic E-state index is 0.696. The van der Waals surface area contributed by atoms with Crippen LogP contribution in [0.4, 0.5) is 0 Å². The molecule has 3 heteroatoms. The largest absolute Gasteiger partial charge is 0.372 e. The highest BCUT2D eigenvalue weighted by Gasteiger charge is 2.20. The molecule has 0 bridgehead atoms. The molecule has 1 N–H and O–H groups in total. The molecule has 0 atom stereocenters. The summed E-state index contributed by atoms with van der Waals surface area (Å²) in [6.07, 6.45) is 2.59. The van der Waals surface area contributed by atoms with Gasteiger partial charge in [-0.05, 0) is 58.9 Å². The van der Waals surface area contributed by atoms with E-state index >= 15 is 0 Å². The Morgan fingerprint density at radius 1 is 1.00 bits per heavy atom. The van der Waals surface area contributed by atoms with Gasteiger partial charge in [0.1, 0.15) is 0 Å². The van der Waals surface area contributed by atoms with Crippen LogP contribution in [0.15, 0.2) is 36.4 Å². The van der Waals surface area contributed by atoms with Crippen LogP contribution >= 0.6 is 11.6 Å². The van der Waals surface area contributed by atoms with Crippen molar-refractivity contribution < 1.29 is 4.74 Å². The van der Waals surface area contributed by atoms with Crippen LogP contribution in [0.1, 0.15) is 29.5 Å². The first-order valence-electron chi connectivity index (χ1n) is 7.51. The molecule has 4 rings (SSSR count). The van der Waals surface area contributed by atoms with Gasteiger partial charge in [-0.15, -0.1) is 0 Å². The fourth-order valence-electron chi connectivity index (χ4n) is 2.78. The Morgan fingerprint density at radius 3 is 2.62 bits per heavy atom. The molecular formula is C18H18ClNO. The fraction of sp³-hybridized carbons (Fsp3) is 0.333. The van der Waals surface area contributed by atoms with Crippen LogP contribution in [0.2, 0.25) is 5.02 Å². The van der Waals surface area contributed by atoms with Crippen LogP contribution in [0.5, 0.6) is 0 Å². The third-order valence-electron chi connectivity index (χ3n) is 4.26. The Bertz CT molecular complexity index is 679. The van der Waals surface area contributed by atoms with E-state index in [1.165, 1.54) is 40.7 Å². The van der Waals surface area contributed by atoms with Crippen molar-refractivity contribution in [2.45, 2.75) is 38.6 Å². The number of hydrogen-bond donors (Lipinski definition) is 1. The van der Waals surface area contributed by atoms with Gasteiger partial charge in [0.25, 0.3) is 0 Å². The second-order valence-electron chi connectivity index (χ2n) is 5.94. The highest BCUT2D eigenvalue weighted by atomic mass is 35.5. The monoisotopic (exact) mass is 299 g/mol. The predicted octanol–water partition coefficient (Wildman–Crippen LogP) is 4.29. The molecule has 2 aliphatic rings. The maximum atomic E-state index is 6.32. The lowest BCUT2D eigenvalue weighted by molar-refractivity contribution is 0.134. The summed E-state index contributed by atoms with van der Waals surface area (Å²) in [5.41, 5.74) is 6.26. The zero-order chi connectivity index (χ0) is 14.2. The van der Waals surface area contributed by atoms with Crippen LogP contribution in [0.3, 0.4) is 0 Å². The molecule has 1 aliphatic heterocycles. The molecule has 2 aromatic rings. The molecule has 2 aromatic carbocycles. The summed E-state index contributed by atoms with van der Waals surface area (Å²) in [7, 11) is 0. The van der Waals surface area contributed by atoms with Gasteiger partial charge in [-0.2, -0.15) is 0 Å². The summed E-state index contributed by atoms with van der Waals surface area (Å²) in [4.78, 5) is 0. The van der Waals surface area contributed by atoms with Gasteiger partial charge in [-0.25, -0.2) is 0 Å². The standard InChI is InChI=1S/C18H18ClNO/c19-18-6-3-13(7-15(18)9-20-17-4-5-17)12-1-2-14-10-21-11-16(14)8-12/h1-3,6-8,17,20H,4-5,9-11H2. The smallest absolute Gasteiger partial charge is 0.0725 e. The molecule has 0 aromatic heterocycles. The summed E-state index contributed by atoms with van der Waals surface area (Å²) in [5, 5.41) is 4.37. The Labute approximate surface area is 130 Å². The molecule has 1 heterocycles. The molecule has 1 aliphatic carbocycles. The molecule has 0 radical (unpaired) electrons. The molecule has 0 amide bonds. The molecule has 0 unspecified atom stereocenters.